The van der Waals surface area contributed by atoms with Crippen LogP contribution in [0.4, 0.5) is 0 Å². The van der Waals surface area contributed by atoms with Gasteiger partial charge in [-0.1, -0.05) is 115 Å². The van der Waals surface area contributed by atoms with Crippen LogP contribution in [0.15, 0.2) is 167 Å². The predicted molar refractivity (Wildman–Crippen MR) is 209 cm³/mol. The van der Waals surface area contributed by atoms with Crippen LogP contribution >= 0.6 is 0 Å². The molecular weight excluding hydrogens is 641 g/mol. The lowest BCUT2D eigenvalue weighted by Crippen LogP contribution is -2.00. The molecule has 0 saturated heterocycles. The fraction of sp³-hybridized carbons (Fsp3) is 0. The molecule has 0 aliphatic heterocycles. The van der Waals surface area contributed by atoms with Crippen LogP contribution in [0.1, 0.15) is 0 Å². The summed E-state index contributed by atoms with van der Waals surface area (Å²) >= 11 is 0. The Bertz CT molecular complexity index is 3200. The molecule has 11 rings (SSSR count). The van der Waals surface area contributed by atoms with E-state index in [1.54, 1.807) is 0 Å². The van der Waals surface area contributed by atoms with Gasteiger partial charge in [-0.15, -0.1) is 0 Å². The number of hydrogen-bond donors (Lipinski definition) is 0. The lowest BCUT2D eigenvalue weighted by atomic mass is 9.96. The van der Waals surface area contributed by atoms with Crippen molar-refractivity contribution in [3.63, 3.8) is 0 Å². The minimum absolute atomic E-state index is 0.596. The van der Waals surface area contributed by atoms with Crippen molar-refractivity contribution < 1.29 is 8.83 Å². The Labute approximate surface area is 296 Å². The average molecular weight is 667 g/mol. The molecule has 6 heteroatoms. The van der Waals surface area contributed by atoms with Gasteiger partial charge in [-0.3, -0.25) is 0 Å². The maximum absolute atomic E-state index is 6.26. The van der Waals surface area contributed by atoms with Crippen LogP contribution in [0.25, 0.3) is 111 Å². The van der Waals surface area contributed by atoms with Gasteiger partial charge >= 0.3 is 0 Å². The third-order valence-corrected chi connectivity index (χ3v) is 9.91. The SMILES string of the molecule is c1ccc(-c2nc(-c3ccc4cc(-c5cccc6oc7nc8ccccc8cc7c56)ccc4c3)nc(-c3cccc4oc5ccccc5c34)n2)cc1. The summed E-state index contributed by atoms with van der Waals surface area (Å²) in [6, 6.07) is 53.7. The Balaban J connectivity index is 1.05. The second-order valence-corrected chi connectivity index (χ2v) is 13.0. The van der Waals surface area contributed by atoms with E-state index < -0.39 is 0 Å². The van der Waals surface area contributed by atoms with Crippen LogP contribution in [0.3, 0.4) is 0 Å². The number of nitrogens with zero attached hydrogens (tertiary/aromatic N) is 4. The van der Waals surface area contributed by atoms with Crippen molar-refractivity contribution in [1.82, 2.24) is 19.9 Å². The largest absolute Gasteiger partial charge is 0.456 e. The molecule has 6 nitrogen and oxygen atoms in total. The highest BCUT2D eigenvalue weighted by molar-refractivity contribution is 6.14. The summed E-state index contributed by atoms with van der Waals surface area (Å²) in [5.41, 5.74) is 8.97. The van der Waals surface area contributed by atoms with E-state index in [0.29, 0.717) is 23.2 Å². The molecule has 7 aromatic carbocycles. The highest BCUT2D eigenvalue weighted by Gasteiger charge is 2.19. The van der Waals surface area contributed by atoms with Crippen molar-refractivity contribution in [3.8, 4) is 45.3 Å². The molecule has 4 aromatic heterocycles. The van der Waals surface area contributed by atoms with Gasteiger partial charge in [-0.25, -0.2) is 19.9 Å². The second-order valence-electron chi connectivity index (χ2n) is 13.0. The van der Waals surface area contributed by atoms with Crippen molar-refractivity contribution in [1.29, 1.82) is 0 Å². The number of fused-ring (bicyclic) bond motifs is 8. The average Bonchev–Trinajstić information content (AvgIpc) is 3.77. The first-order valence-electron chi connectivity index (χ1n) is 17.2. The van der Waals surface area contributed by atoms with E-state index in [4.69, 9.17) is 28.8 Å². The lowest BCUT2D eigenvalue weighted by Gasteiger charge is -2.10. The number of rotatable bonds is 4. The van der Waals surface area contributed by atoms with E-state index in [9.17, 15) is 0 Å². The molecule has 52 heavy (non-hydrogen) atoms. The van der Waals surface area contributed by atoms with Gasteiger partial charge in [-0.05, 0) is 64.4 Å². The summed E-state index contributed by atoms with van der Waals surface area (Å²) in [5.74, 6) is 1.82. The smallest absolute Gasteiger partial charge is 0.227 e. The molecule has 0 saturated carbocycles. The summed E-state index contributed by atoms with van der Waals surface area (Å²) in [6.45, 7) is 0. The number of benzene rings is 7. The van der Waals surface area contributed by atoms with E-state index in [-0.39, 0.29) is 0 Å². The van der Waals surface area contributed by atoms with Crippen molar-refractivity contribution in [2.75, 3.05) is 0 Å². The normalized spacial score (nSPS) is 11.8. The molecule has 0 atom stereocenters. The second kappa shape index (κ2) is 11.2. The van der Waals surface area contributed by atoms with Crippen LogP contribution < -0.4 is 0 Å². The first-order valence-corrected chi connectivity index (χ1v) is 17.2. The molecule has 242 valence electrons. The van der Waals surface area contributed by atoms with Crippen molar-refractivity contribution in [2.24, 2.45) is 0 Å². The number of aromatic nitrogens is 4. The monoisotopic (exact) mass is 666 g/mol. The van der Waals surface area contributed by atoms with Crippen molar-refractivity contribution >= 4 is 65.7 Å². The van der Waals surface area contributed by atoms with Gasteiger partial charge in [0.05, 0.1) is 5.52 Å². The minimum Gasteiger partial charge on any atom is -0.456 e. The van der Waals surface area contributed by atoms with Gasteiger partial charge in [-0.2, -0.15) is 0 Å². The highest BCUT2D eigenvalue weighted by atomic mass is 16.3. The standard InChI is InChI=1S/C46H26N4O2/c1-2-10-27(11-3-1)43-48-44(50-45(49-43)35-15-9-18-39-42(35)34-13-5-7-17-38(34)51-39)32-23-21-28-24-30(22-20-29(28)25-32)33-14-8-19-40-41(33)36-26-31-12-4-6-16-37(31)47-46(36)52-40/h1-26H. The fourth-order valence-corrected chi connectivity index (χ4v) is 7.45. The van der Waals surface area contributed by atoms with Gasteiger partial charge in [0, 0.05) is 43.6 Å². The minimum atomic E-state index is 0.596. The Morgan fingerprint density at radius 2 is 0.981 bits per heavy atom. The van der Waals surface area contributed by atoms with E-state index in [1.807, 2.05) is 91.0 Å². The summed E-state index contributed by atoms with van der Waals surface area (Å²) in [5, 5.41) is 7.39. The molecule has 11 aromatic rings. The zero-order valence-corrected chi connectivity index (χ0v) is 27.6. The Morgan fingerprint density at radius 1 is 0.346 bits per heavy atom. The van der Waals surface area contributed by atoms with Gasteiger partial charge in [0.15, 0.2) is 17.5 Å². The van der Waals surface area contributed by atoms with E-state index >= 15 is 0 Å². The van der Waals surface area contributed by atoms with E-state index in [1.165, 1.54) is 0 Å². The summed E-state index contributed by atoms with van der Waals surface area (Å²) < 4.78 is 12.5. The van der Waals surface area contributed by atoms with E-state index in [0.717, 1.165) is 87.8 Å². The van der Waals surface area contributed by atoms with Gasteiger partial charge in [0.2, 0.25) is 5.71 Å². The first kappa shape index (κ1) is 28.6. The summed E-state index contributed by atoms with van der Waals surface area (Å²) in [4.78, 5) is 20.0. The predicted octanol–water partition coefficient (Wildman–Crippen LogP) is 12.0. The van der Waals surface area contributed by atoms with Gasteiger partial charge < -0.3 is 8.83 Å². The number of pyridine rings is 1. The maximum atomic E-state index is 6.26. The third-order valence-electron chi connectivity index (χ3n) is 9.91. The fourth-order valence-electron chi connectivity index (χ4n) is 7.45. The quantitative estimate of drug-likeness (QED) is 0.186. The molecule has 0 bridgehead atoms. The molecular formula is C46H26N4O2. The van der Waals surface area contributed by atoms with Crippen LogP contribution in [0.2, 0.25) is 0 Å². The van der Waals surface area contributed by atoms with Crippen LogP contribution in [0, 0.1) is 0 Å². The molecule has 0 spiro atoms. The number of furan rings is 2. The molecule has 0 radical (unpaired) electrons. The zero-order valence-electron chi connectivity index (χ0n) is 27.6. The van der Waals surface area contributed by atoms with Crippen LogP contribution in [0.5, 0.6) is 0 Å². The Morgan fingerprint density at radius 3 is 1.85 bits per heavy atom. The summed E-state index contributed by atoms with van der Waals surface area (Å²) in [6.07, 6.45) is 0. The van der Waals surface area contributed by atoms with Crippen molar-refractivity contribution in [2.45, 2.75) is 0 Å². The molecule has 4 heterocycles. The summed E-state index contributed by atoms with van der Waals surface area (Å²) in [7, 11) is 0. The first-order chi connectivity index (χ1) is 25.7. The molecule has 0 fully saturated rings. The molecule has 0 aliphatic carbocycles. The lowest BCUT2D eigenvalue weighted by molar-refractivity contribution is 0.656. The van der Waals surface area contributed by atoms with Gasteiger partial charge in [0.1, 0.15) is 16.7 Å². The maximum Gasteiger partial charge on any atom is 0.227 e. The van der Waals surface area contributed by atoms with Crippen molar-refractivity contribution in [3.05, 3.63) is 158 Å². The highest BCUT2D eigenvalue weighted by Crippen LogP contribution is 2.39. The number of hydrogen-bond acceptors (Lipinski definition) is 6. The molecule has 0 N–H and O–H groups in total. The topological polar surface area (TPSA) is 77.8 Å². The van der Waals surface area contributed by atoms with E-state index in [2.05, 4.69) is 66.7 Å². The zero-order chi connectivity index (χ0) is 34.2. The van der Waals surface area contributed by atoms with Crippen LogP contribution in [-0.4, -0.2) is 19.9 Å². The molecule has 0 unspecified atom stereocenters. The molecule has 0 aliphatic rings. The number of para-hydroxylation sites is 2. The third kappa shape index (κ3) is 4.51. The molecule has 0 amide bonds. The van der Waals surface area contributed by atoms with Crippen LogP contribution in [-0.2, 0) is 0 Å². The van der Waals surface area contributed by atoms with Gasteiger partial charge in [0.25, 0.3) is 0 Å². The Hall–Kier alpha value is -7.18. The Kier molecular flexibility index (Phi) is 6.15.